The summed E-state index contributed by atoms with van der Waals surface area (Å²) in [7, 11) is 0. The predicted octanol–water partition coefficient (Wildman–Crippen LogP) is 8.02. The van der Waals surface area contributed by atoms with Crippen LogP contribution in [0, 0.1) is 11.6 Å². The Bertz CT molecular complexity index is 1490. The first kappa shape index (κ1) is 32.4. The molecule has 1 atom stereocenters. The lowest BCUT2D eigenvalue weighted by Gasteiger charge is -2.33. The van der Waals surface area contributed by atoms with Crippen molar-refractivity contribution in [3.63, 3.8) is 0 Å². The number of rotatable bonds is 10. The SMILES string of the molecule is C=C(CC(N)=Nc1ccc(CN(C(=O)OC(C)(C)C)[C@H](C(=O)OC2CCCC2)c2ccccc2)cc1)c1ccc(F)cc1F. The van der Waals surface area contributed by atoms with Crippen LogP contribution in [0.4, 0.5) is 19.3 Å². The lowest BCUT2D eigenvalue weighted by atomic mass is 10.0. The second kappa shape index (κ2) is 14.3. The molecule has 1 aliphatic carbocycles. The lowest BCUT2D eigenvalue weighted by Crippen LogP contribution is -2.43. The van der Waals surface area contributed by atoms with E-state index in [4.69, 9.17) is 15.2 Å². The molecule has 3 aromatic rings. The number of carbonyl (C=O) groups is 2. The van der Waals surface area contributed by atoms with Gasteiger partial charge >= 0.3 is 12.1 Å². The molecule has 0 unspecified atom stereocenters. The predicted molar refractivity (Wildman–Crippen MR) is 167 cm³/mol. The van der Waals surface area contributed by atoms with Crippen molar-refractivity contribution in [3.05, 3.63) is 108 Å². The van der Waals surface area contributed by atoms with Crippen LogP contribution < -0.4 is 5.73 Å². The number of ether oxygens (including phenoxy) is 2. The molecule has 0 bridgehead atoms. The smallest absolute Gasteiger partial charge is 0.411 e. The van der Waals surface area contributed by atoms with Crippen molar-refractivity contribution in [2.24, 2.45) is 10.7 Å². The summed E-state index contributed by atoms with van der Waals surface area (Å²) in [5, 5.41) is 0. The fraction of sp³-hybridized carbons (Fsp3) is 0.343. The topological polar surface area (TPSA) is 94.2 Å². The molecule has 1 amide bonds. The van der Waals surface area contributed by atoms with Crippen molar-refractivity contribution in [2.75, 3.05) is 0 Å². The lowest BCUT2D eigenvalue weighted by molar-refractivity contribution is -0.155. The zero-order valence-corrected chi connectivity index (χ0v) is 25.4. The van der Waals surface area contributed by atoms with Crippen LogP contribution in [0.2, 0.25) is 0 Å². The minimum Gasteiger partial charge on any atom is -0.461 e. The van der Waals surface area contributed by atoms with Crippen LogP contribution >= 0.6 is 0 Å². The molecule has 44 heavy (non-hydrogen) atoms. The number of hydrogen-bond donors (Lipinski definition) is 1. The van der Waals surface area contributed by atoms with Gasteiger partial charge in [-0.25, -0.2) is 23.4 Å². The molecule has 7 nitrogen and oxygen atoms in total. The minimum absolute atomic E-state index is 0.0639. The number of nitrogens with two attached hydrogens (primary N) is 1. The molecular weight excluding hydrogens is 564 g/mol. The Morgan fingerprint density at radius 1 is 1.02 bits per heavy atom. The molecule has 3 aromatic carbocycles. The Hall–Kier alpha value is -4.53. The largest absolute Gasteiger partial charge is 0.461 e. The van der Waals surface area contributed by atoms with Gasteiger partial charge in [-0.05, 0) is 87.4 Å². The summed E-state index contributed by atoms with van der Waals surface area (Å²) in [5.41, 5.74) is 7.73. The fourth-order valence-corrected chi connectivity index (χ4v) is 5.06. The normalized spacial score (nSPS) is 14.6. The minimum atomic E-state index is -1.02. The molecule has 2 N–H and O–H groups in total. The number of carbonyl (C=O) groups excluding carboxylic acids is 2. The highest BCUT2D eigenvalue weighted by Gasteiger charge is 2.37. The average molecular weight is 604 g/mol. The van der Waals surface area contributed by atoms with Crippen molar-refractivity contribution in [3.8, 4) is 0 Å². The van der Waals surface area contributed by atoms with E-state index in [1.165, 1.54) is 11.0 Å². The van der Waals surface area contributed by atoms with Gasteiger partial charge in [-0.2, -0.15) is 0 Å². The number of nitrogens with zero attached hydrogens (tertiary/aromatic N) is 2. The fourth-order valence-electron chi connectivity index (χ4n) is 5.06. The maximum atomic E-state index is 14.1. The van der Waals surface area contributed by atoms with Crippen LogP contribution in [0.25, 0.3) is 5.57 Å². The summed E-state index contributed by atoms with van der Waals surface area (Å²) < 4.78 is 39.1. The molecule has 0 radical (unpaired) electrons. The number of benzene rings is 3. The van der Waals surface area contributed by atoms with Gasteiger partial charge in [-0.3, -0.25) is 4.90 Å². The quantitative estimate of drug-likeness (QED) is 0.144. The van der Waals surface area contributed by atoms with Gasteiger partial charge in [0.1, 0.15) is 29.2 Å². The standard InChI is InChI=1S/C35H39F2N3O4/c1-23(29-19-16-26(36)21-30(29)37)20-31(38)39-27-17-14-24(15-18-27)22-40(34(42)44-35(2,3)4)32(25-10-6-5-7-11-25)33(41)43-28-12-8-9-13-28/h5-7,10-11,14-19,21,28,32H,1,8-9,12-13,20,22H2,2-4H3,(H2,38,39)/t32-/m0/s1. The van der Waals surface area contributed by atoms with Crippen LogP contribution in [0.3, 0.4) is 0 Å². The first-order valence-electron chi connectivity index (χ1n) is 14.7. The highest BCUT2D eigenvalue weighted by Crippen LogP contribution is 2.30. The van der Waals surface area contributed by atoms with Gasteiger partial charge in [-0.1, -0.05) is 49.0 Å². The monoisotopic (exact) mass is 603 g/mol. The summed E-state index contributed by atoms with van der Waals surface area (Å²) in [6.45, 7) is 9.24. The van der Waals surface area contributed by atoms with Crippen LogP contribution in [-0.2, 0) is 20.8 Å². The van der Waals surface area contributed by atoms with Crippen LogP contribution in [0.1, 0.15) is 75.6 Å². The summed E-state index contributed by atoms with van der Waals surface area (Å²) >= 11 is 0. The zero-order valence-electron chi connectivity index (χ0n) is 25.4. The number of aliphatic imine (C=N–C) groups is 1. The van der Waals surface area contributed by atoms with Crippen LogP contribution in [0.15, 0.2) is 84.4 Å². The van der Waals surface area contributed by atoms with Gasteiger partial charge in [0.15, 0.2) is 6.04 Å². The number of halogens is 2. The number of amidine groups is 1. The number of hydrogen-bond acceptors (Lipinski definition) is 5. The maximum absolute atomic E-state index is 14.1. The first-order valence-corrected chi connectivity index (χ1v) is 14.7. The van der Waals surface area contributed by atoms with E-state index in [0.717, 1.165) is 43.4 Å². The zero-order chi connectivity index (χ0) is 31.9. The molecule has 4 rings (SSSR count). The third kappa shape index (κ3) is 8.99. The van der Waals surface area contributed by atoms with Gasteiger partial charge in [-0.15, -0.1) is 0 Å². The van der Waals surface area contributed by atoms with E-state index in [2.05, 4.69) is 11.6 Å². The summed E-state index contributed by atoms with van der Waals surface area (Å²) in [5.74, 6) is -1.70. The van der Waals surface area contributed by atoms with E-state index in [0.29, 0.717) is 16.8 Å². The molecular formula is C35H39F2N3O4. The second-order valence-corrected chi connectivity index (χ2v) is 11.9. The highest BCUT2D eigenvalue weighted by molar-refractivity contribution is 5.92. The Morgan fingerprint density at radius 3 is 2.30 bits per heavy atom. The maximum Gasteiger partial charge on any atom is 0.411 e. The molecule has 0 spiro atoms. The summed E-state index contributed by atoms with van der Waals surface area (Å²) in [4.78, 5) is 33.0. The third-order valence-electron chi connectivity index (χ3n) is 7.13. The molecule has 1 saturated carbocycles. The number of esters is 1. The Labute approximate surface area is 257 Å². The highest BCUT2D eigenvalue weighted by atomic mass is 19.1. The van der Waals surface area contributed by atoms with Gasteiger partial charge < -0.3 is 15.2 Å². The van der Waals surface area contributed by atoms with E-state index in [1.807, 2.05) is 18.2 Å². The van der Waals surface area contributed by atoms with E-state index in [9.17, 15) is 18.4 Å². The molecule has 1 aliphatic rings. The number of amides is 1. The van der Waals surface area contributed by atoms with Crippen molar-refractivity contribution in [1.82, 2.24) is 4.90 Å². The van der Waals surface area contributed by atoms with E-state index in [1.54, 1.807) is 57.2 Å². The van der Waals surface area contributed by atoms with E-state index in [-0.39, 0.29) is 30.5 Å². The van der Waals surface area contributed by atoms with Crippen LogP contribution in [-0.4, -0.2) is 34.5 Å². The Kier molecular flexibility index (Phi) is 10.5. The molecule has 0 heterocycles. The molecule has 0 saturated heterocycles. The summed E-state index contributed by atoms with van der Waals surface area (Å²) in [6, 6.07) is 18.3. The van der Waals surface area contributed by atoms with Crippen LogP contribution in [0.5, 0.6) is 0 Å². The third-order valence-corrected chi connectivity index (χ3v) is 7.13. The Balaban J connectivity index is 1.56. The van der Waals surface area contributed by atoms with E-state index >= 15 is 0 Å². The van der Waals surface area contributed by atoms with Crippen molar-refractivity contribution < 1.29 is 27.8 Å². The second-order valence-electron chi connectivity index (χ2n) is 11.9. The van der Waals surface area contributed by atoms with Crippen molar-refractivity contribution in [2.45, 2.75) is 77.2 Å². The van der Waals surface area contributed by atoms with Crippen molar-refractivity contribution >= 4 is 29.2 Å². The van der Waals surface area contributed by atoms with Gasteiger partial charge in [0, 0.05) is 18.1 Å². The van der Waals surface area contributed by atoms with E-state index < -0.39 is 35.3 Å². The van der Waals surface area contributed by atoms with Crippen molar-refractivity contribution in [1.29, 1.82) is 0 Å². The average Bonchev–Trinajstić information content (AvgIpc) is 3.46. The summed E-state index contributed by atoms with van der Waals surface area (Å²) in [6.07, 6.45) is 2.87. The Morgan fingerprint density at radius 2 is 1.68 bits per heavy atom. The van der Waals surface area contributed by atoms with Gasteiger partial charge in [0.05, 0.1) is 12.2 Å². The van der Waals surface area contributed by atoms with Gasteiger partial charge in [0.2, 0.25) is 0 Å². The molecule has 0 aliphatic heterocycles. The van der Waals surface area contributed by atoms with Gasteiger partial charge in [0.25, 0.3) is 0 Å². The molecule has 0 aromatic heterocycles. The first-order chi connectivity index (χ1) is 20.9. The molecule has 232 valence electrons. The molecule has 9 heteroatoms. The molecule has 1 fully saturated rings.